The Labute approximate surface area is 115 Å². The predicted octanol–water partition coefficient (Wildman–Crippen LogP) is 3.38. The molecule has 2 unspecified atom stereocenters. The monoisotopic (exact) mass is 254 g/mol. The van der Waals surface area contributed by atoms with Crippen LogP contribution >= 0.6 is 0 Å². The Balaban J connectivity index is 2.61. The van der Waals surface area contributed by atoms with Gasteiger partial charge in [-0.05, 0) is 43.7 Å². The summed E-state index contributed by atoms with van der Waals surface area (Å²) in [5.41, 5.74) is 0.905. The van der Waals surface area contributed by atoms with E-state index < -0.39 is 0 Å². The summed E-state index contributed by atoms with van der Waals surface area (Å²) in [7, 11) is 4.40. The molecule has 108 valence electrons. The first kappa shape index (κ1) is 16.0. The van der Waals surface area contributed by atoms with Gasteiger partial charge in [-0.15, -0.1) is 0 Å². The van der Waals surface area contributed by atoms with Gasteiger partial charge in [-0.3, -0.25) is 0 Å². The number of nitrogens with zero attached hydrogens (tertiary/aromatic N) is 1. The van der Waals surface area contributed by atoms with Crippen LogP contribution in [-0.2, 0) is 0 Å². The molecule has 0 aromatic heterocycles. The lowest BCUT2D eigenvalue weighted by molar-refractivity contribution is 0.0789. The second-order valence-electron chi connectivity index (χ2n) is 7.96. The van der Waals surface area contributed by atoms with Gasteiger partial charge >= 0.3 is 0 Å². The van der Waals surface area contributed by atoms with Gasteiger partial charge in [0.2, 0.25) is 0 Å². The van der Waals surface area contributed by atoms with Gasteiger partial charge in [0.25, 0.3) is 0 Å². The Kier molecular flexibility index (Phi) is 5.67. The first-order valence-electron chi connectivity index (χ1n) is 7.59. The summed E-state index contributed by atoms with van der Waals surface area (Å²) < 4.78 is 0. The van der Waals surface area contributed by atoms with Gasteiger partial charge in [-0.2, -0.15) is 0 Å². The number of hydrogen-bond acceptors (Lipinski definition) is 2. The smallest absolute Gasteiger partial charge is 0.00474 e. The van der Waals surface area contributed by atoms with Crippen molar-refractivity contribution in [3.63, 3.8) is 0 Å². The molecule has 1 N–H and O–H groups in total. The fraction of sp³-hybridized carbons (Fsp3) is 1.00. The maximum Gasteiger partial charge on any atom is 0.00474 e. The van der Waals surface area contributed by atoms with Crippen LogP contribution in [0.5, 0.6) is 0 Å². The second kappa shape index (κ2) is 6.38. The van der Waals surface area contributed by atoms with Crippen LogP contribution in [0.4, 0.5) is 0 Å². The van der Waals surface area contributed by atoms with Gasteiger partial charge in [0.1, 0.15) is 0 Å². The minimum Gasteiger partial charge on any atom is -0.319 e. The molecule has 0 aliphatic heterocycles. The molecular weight excluding hydrogens is 220 g/mol. The fourth-order valence-corrected chi connectivity index (χ4v) is 3.94. The number of hydrogen-bond donors (Lipinski definition) is 1. The van der Waals surface area contributed by atoms with Crippen LogP contribution in [0.25, 0.3) is 0 Å². The third-order valence-corrected chi connectivity index (χ3v) is 4.09. The Hall–Kier alpha value is -0.0800. The molecule has 1 aliphatic rings. The van der Waals surface area contributed by atoms with Crippen molar-refractivity contribution >= 4 is 0 Å². The van der Waals surface area contributed by atoms with Gasteiger partial charge in [-0.1, -0.05) is 40.5 Å². The van der Waals surface area contributed by atoms with Crippen molar-refractivity contribution in [1.82, 2.24) is 10.2 Å². The van der Waals surface area contributed by atoms with Crippen LogP contribution in [0.2, 0.25) is 0 Å². The van der Waals surface area contributed by atoms with Crippen molar-refractivity contribution in [2.45, 2.75) is 53.4 Å². The predicted molar refractivity (Wildman–Crippen MR) is 80.9 cm³/mol. The molecule has 0 bridgehead atoms. The highest BCUT2D eigenvalue weighted by molar-refractivity contribution is 4.89. The molecule has 18 heavy (non-hydrogen) atoms. The van der Waals surface area contributed by atoms with E-state index in [0.29, 0.717) is 10.8 Å². The molecule has 1 aliphatic carbocycles. The Morgan fingerprint density at radius 3 is 2.50 bits per heavy atom. The minimum atomic E-state index is 0.399. The van der Waals surface area contributed by atoms with Crippen LogP contribution < -0.4 is 5.32 Å². The molecule has 0 amide bonds. The third kappa shape index (κ3) is 5.27. The van der Waals surface area contributed by atoms with Crippen molar-refractivity contribution in [1.29, 1.82) is 0 Å². The van der Waals surface area contributed by atoms with Crippen molar-refractivity contribution in [3.8, 4) is 0 Å². The highest BCUT2D eigenvalue weighted by atomic mass is 15.1. The molecule has 2 nitrogen and oxygen atoms in total. The standard InChI is InChI=1S/C16H34N2/c1-14-8-7-9-16(10-14,11-17-5)13-18(6)12-15(2,3)4/h14,17H,7-13H2,1-6H3. The van der Waals surface area contributed by atoms with Crippen LogP contribution in [0.15, 0.2) is 0 Å². The van der Waals surface area contributed by atoms with Gasteiger partial charge in [0.15, 0.2) is 0 Å². The molecule has 1 saturated carbocycles. The molecule has 0 heterocycles. The zero-order valence-electron chi connectivity index (χ0n) is 13.5. The largest absolute Gasteiger partial charge is 0.319 e. The molecule has 0 aromatic carbocycles. The molecule has 1 rings (SSSR count). The second-order valence-corrected chi connectivity index (χ2v) is 7.96. The van der Waals surface area contributed by atoms with Crippen molar-refractivity contribution in [2.75, 3.05) is 33.7 Å². The summed E-state index contributed by atoms with van der Waals surface area (Å²) in [5.74, 6) is 0.898. The van der Waals surface area contributed by atoms with Crippen LogP contribution in [0.3, 0.4) is 0 Å². The maximum absolute atomic E-state index is 3.44. The fourth-order valence-electron chi connectivity index (χ4n) is 3.94. The van der Waals surface area contributed by atoms with Crippen LogP contribution in [0.1, 0.15) is 53.4 Å². The molecule has 0 saturated heterocycles. The molecule has 1 fully saturated rings. The molecular formula is C16H34N2. The van der Waals surface area contributed by atoms with E-state index in [0.717, 1.165) is 5.92 Å². The van der Waals surface area contributed by atoms with E-state index >= 15 is 0 Å². The van der Waals surface area contributed by atoms with Gasteiger partial charge in [-0.25, -0.2) is 0 Å². The van der Waals surface area contributed by atoms with Crippen molar-refractivity contribution in [2.24, 2.45) is 16.7 Å². The Morgan fingerprint density at radius 1 is 1.33 bits per heavy atom. The van der Waals surface area contributed by atoms with Crippen LogP contribution in [0, 0.1) is 16.7 Å². The normalized spacial score (nSPS) is 29.8. The average molecular weight is 254 g/mol. The quantitative estimate of drug-likeness (QED) is 0.809. The van der Waals surface area contributed by atoms with E-state index in [1.807, 2.05) is 0 Å². The van der Waals surface area contributed by atoms with E-state index in [2.05, 4.69) is 52.0 Å². The summed E-state index contributed by atoms with van der Waals surface area (Å²) in [6.07, 6.45) is 5.62. The van der Waals surface area contributed by atoms with Crippen LogP contribution in [-0.4, -0.2) is 38.6 Å². The average Bonchev–Trinajstić information content (AvgIpc) is 2.13. The van der Waals surface area contributed by atoms with E-state index in [1.165, 1.54) is 45.3 Å². The number of nitrogens with one attached hydrogen (secondary N) is 1. The molecule has 2 atom stereocenters. The zero-order chi connectivity index (χ0) is 13.8. The van der Waals surface area contributed by atoms with E-state index in [1.54, 1.807) is 0 Å². The lowest BCUT2D eigenvalue weighted by Gasteiger charge is -2.43. The van der Waals surface area contributed by atoms with Gasteiger partial charge in [0.05, 0.1) is 0 Å². The van der Waals surface area contributed by atoms with E-state index in [4.69, 9.17) is 0 Å². The van der Waals surface area contributed by atoms with Crippen molar-refractivity contribution < 1.29 is 0 Å². The summed E-state index contributed by atoms with van der Waals surface area (Å²) in [6, 6.07) is 0. The number of rotatable bonds is 5. The highest BCUT2D eigenvalue weighted by Crippen LogP contribution is 2.39. The minimum absolute atomic E-state index is 0.399. The van der Waals surface area contributed by atoms with Crippen molar-refractivity contribution in [3.05, 3.63) is 0 Å². The summed E-state index contributed by atoms with van der Waals surface area (Å²) in [4.78, 5) is 2.55. The lowest BCUT2D eigenvalue weighted by Crippen LogP contribution is -2.46. The van der Waals surface area contributed by atoms with E-state index in [-0.39, 0.29) is 0 Å². The van der Waals surface area contributed by atoms with E-state index in [9.17, 15) is 0 Å². The van der Waals surface area contributed by atoms with Gasteiger partial charge < -0.3 is 10.2 Å². The summed E-state index contributed by atoms with van der Waals surface area (Å²) in [6.45, 7) is 13.0. The lowest BCUT2D eigenvalue weighted by atomic mass is 9.69. The first-order chi connectivity index (χ1) is 8.26. The zero-order valence-corrected chi connectivity index (χ0v) is 13.5. The Bertz CT molecular complexity index is 240. The molecule has 0 spiro atoms. The summed E-state index contributed by atoms with van der Waals surface area (Å²) >= 11 is 0. The third-order valence-electron chi connectivity index (χ3n) is 4.09. The topological polar surface area (TPSA) is 15.3 Å². The SMILES string of the molecule is CNCC1(CN(C)CC(C)(C)C)CCCC(C)C1. The first-order valence-corrected chi connectivity index (χ1v) is 7.59. The highest BCUT2D eigenvalue weighted by Gasteiger charge is 2.35. The molecule has 2 heteroatoms. The maximum atomic E-state index is 3.44. The van der Waals surface area contributed by atoms with Gasteiger partial charge in [0, 0.05) is 19.6 Å². The summed E-state index contributed by atoms with van der Waals surface area (Å²) in [5, 5.41) is 3.44. The molecule has 0 radical (unpaired) electrons. The Morgan fingerprint density at radius 2 is 2.00 bits per heavy atom. The molecule has 0 aromatic rings.